The standard InChI is InChI=1S/C22H25BrN4O2/c1-2-29-20-8-4-3-6-15(20)13-24-21(28)16-7-5-11-27(14-16)22-25-18-10-9-17(23)12-19(18)26-22/h3-4,6,8-10,12,16H,2,5,7,11,13-14H2,1H3,(H,24,28)(H,25,26)/t16-/m1/s1. The third kappa shape index (κ3) is 4.56. The molecule has 2 aromatic carbocycles. The van der Waals surface area contributed by atoms with Gasteiger partial charge in [-0.15, -0.1) is 0 Å². The molecule has 0 spiro atoms. The molecule has 0 unspecified atom stereocenters. The second-order valence-corrected chi connectivity index (χ2v) is 8.18. The molecule has 29 heavy (non-hydrogen) atoms. The molecule has 7 heteroatoms. The van der Waals surface area contributed by atoms with Crippen LogP contribution in [0.1, 0.15) is 25.3 Å². The summed E-state index contributed by atoms with van der Waals surface area (Å²) in [6.45, 7) is 4.61. The van der Waals surface area contributed by atoms with E-state index in [1.807, 2.05) is 49.4 Å². The van der Waals surface area contributed by atoms with Crippen molar-refractivity contribution in [3.05, 3.63) is 52.5 Å². The molecule has 2 N–H and O–H groups in total. The number of carbonyl (C=O) groups excluding carboxylic acids is 1. The number of hydrogen-bond donors (Lipinski definition) is 2. The van der Waals surface area contributed by atoms with Crippen molar-refractivity contribution in [2.24, 2.45) is 5.92 Å². The maximum Gasteiger partial charge on any atom is 0.225 e. The van der Waals surface area contributed by atoms with Crippen molar-refractivity contribution in [2.45, 2.75) is 26.3 Å². The van der Waals surface area contributed by atoms with Crippen LogP contribution in [0, 0.1) is 5.92 Å². The first-order valence-corrected chi connectivity index (χ1v) is 10.8. The van der Waals surface area contributed by atoms with Gasteiger partial charge in [0.1, 0.15) is 5.75 Å². The van der Waals surface area contributed by atoms with Crippen molar-refractivity contribution >= 4 is 38.8 Å². The summed E-state index contributed by atoms with van der Waals surface area (Å²) in [6.07, 6.45) is 1.86. The van der Waals surface area contributed by atoms with Gasteiger partial charge in [0.15, 0.2) is 0 Å². The first kappa shape index (κ1) is 19.8. The van der Waals surface area contributed by atoms with E-state index in [0.717, 1.165) is 52.2 Å². The number of rotatable bonds is 6. The van der Waals surface area contributed by atoms with Crippen molar-refractivity contribution in [2.75, 3.05) is 24.6 Å². The first-order chi connectivity index (χ1) is 14.1. The molecule has 6 nitrogen and oxygen atoms in total. The number of ether oxygens (including phenoxy) is 1. The van der Waals surface area contributed by atoms with Crippen LogP contribution in [-0.2, 0) is 11.3 Å². The van der Waals surface area contributed by atoms with Gasteiger partial charge in [0.25, 0.3) is 0 Å². The van der Waals surface area contributed by atoms with Gasteiger partial charge in [-0.3, -0.25) is 4.79 Å². The Balaban J connectivity index is 1.40. The van der Waals surface area contributed by atoms with Crippen molar-refractivity contribution in [3.8, 4) is 5.75 Å². The molecule has 1 saturated heterocycles. The Morgan fingerprint density at radius 1 is 1.34 bits per heavy atom. The number of nitrogens with one attached hydrogen (secondary N) is 2. The lowest BCUT2D eigenvalue weighted by molar-refractivity contribution is -0.125. The zero-order chi connectivity index (χ0) is 20.2. The highest BCUT2D eigenvalue weighted by Gasteiger charge is 2.27. The fourth-order valence-electron chi connectivity index (χ4n) is 3.77. The van der Waals surface area contributed by atoms with E-state index in [4.69, 9.17) is 9.72 Å². The fourth-order valence-corrected chi connectivity index (χ4v) is 4.14. The van der Waals surface area contributed by atoms with Crippen LogP contribution in [-0.4, -0.2) is 35.6 Å². The van der Waals surface area contributed by atoms with Gasteiger partial charge in [-0.25, -0.2) is 4.98 Å². The van der Waals surface area contributed by atoms with E-state index in [0.29, 0.717) is 19.7 Å². The number of benzene rings is 2. The number of halogens is 1. The Bertz CT molecular complexity index is 1000. The van der Waals surface area contributed by atoms with E-state index in [9.17, 15) is 4.79 Å². The predicted octanol–water partition coefficient (Wildman–Crippen LogP) is 4.26. The van der Waals surface area contributed by atoms with Crippen LogP contribution in [0.5, 0.6) is 5.75 Å². The Kier molecular flexibility index (Phi) is 6.04. The van der Waals surface area contributed by atoms with Crippen molar-refractivity contribution in [3.63, 3.8) is 0 Å². The third-order valence-corrected chi connectivity index (χ3v) is 5.74. The largest absolute Gasteiger partial charge is 0.494 e. The molecule has 0 saturated carbocycles. The topological polar surface area (TPSA) is 70.2 Å². The summed E-state index contributed by atoms with van der Waals surface area (Å²) in [5, 5.41) is 3.09. The molecule has 1 aromatic heterocycles. The average Bonchev–Trinajstić information content (AvgIpc) is 3.16. The van der Waals surface area contributed by atoms with Crippen LogP contribution in [0.4, 0.5) is 5.95 Å². The number of amides is 1. The molecule has 1 aliphatic rings. The van der Waals surface area contributed by atoms with Crippen LogP contribution in [0.25, 0.3) is 11.0 Å². The lowest BCUT2D eigenvalue weighted by Crippen LogP contribution is -2.43. The maximum atomic E-state index is 12.8. The van der Waals surface area contributed by atoms with Gasteiger partial charge in [-0.1, -0.05) is 34.1 Å². The molecular formula is C22H25BrN4O2. The average molecular weight is 457 g/mol. The zero-order valence-electron chi connectivity index (χ0n) is 16.5. The van der Waals surface area contributed by atoms with Crippen LogP contribution in [0.15, 0.2) is 46.9 Å². The SMILES string of the molecule is CCOc1ccccc1CNC(=O)[C@@H]1CCCN(c2nc3ccc(Br)cc3[nH]2)C1. The van der Waals surface area contributed by atoms with E-state index in [2.05, 4.69) is 31.1 Å². The summed E-state index contributed by atoms with van der Waals surface area (Å²) in [7, 11) is 0. The van der Waals surface area contributed by atoms with Crippen molar-refractivity contribution < 1.29 is 9.53 Å². The molecule has 0 aliphatic carbocycles. The van der Waals surface area contributed by atoms with Gasteiger partial charge in [0.2, 0.25) is 11.9 Å². The number of carbonyl (C=O) groups is 1. The predicted molar refractivity (Wildman–Crippen MR) is 118 cm³/mol. The lowest BCUT2D eigenvalue weighted by Gasteiger charge is -2.31. The van der Waals surface area contributed by atoms with Gasteiger partial charge in [0, 0.05) is 29.7 Å². The number of aromatic nitrogens is 2. The highest BCUT2D eigenvalue weighted by molar-refractivity contribution is 9.10. The minimum atomic E-state index is -0.0528. The van der Waals surface area contributed by atoms with E-state index < -0.39 is 0 Å². The summed E-state index contributed by atoms with van der Waals surface area (Å²) < 4.78 is 6.67. The molecule has 1 amide bonds. The Hall–Kier alpha value is -2.54. The molecule has 0 bridgehead atoms. The molecule has 2 heterocycles. The zero-order valence-corrected chi connectivity index (χ0v) is 18.0. The Morgan fingerprint density at radius 2 is 2.21 bits per heavy atom. The molecule has 4 rings (SSSR count). The van der Waals surface area contributed by atoms with Gasteiger partial charge in [-0.05, 0) is 44.0 Å². The summed E-state index contributed by atoms with van der Waals surface area (Å²) in [5.41, 5.74) is 2.93. The number of fused-ring (bicyclic) bond motifs is 1. The monoisotopic (exact) mass is 456 g/mol. The minimum Gasteiger partial charge on any atom is -0.494 e. The van der Waals surface area contributed by atoms with E-state index in [1.165, 1.54) is 0 Å². The number of nitrogens with zero attached hydrogens (tertiary/aromatic N) is 2. The smallest absolute Gasteiger partial charge is 0.225 e. The van der Waals surface area contributed by atoms with E-state index >= 15 is 0 Å². The number of piperidine rings is 1. The lowest BCUT2D eigenvalue weighted by atomic mass is 9.97. The molecule has 1 aliphatic heterocycles. The summed E-state index contributed by atoms with van der Waals surface area (Å²) >= 11 is 3.49. The van der Waals surface area contributed by atoms with Crippen LogP contribution >= 0.6 is 15.9 Å². The molecule has 3 aromatic rings. The second-order valence-electron chi connectivity index (χ2n) is 7.27. The van der Waals surface area contributed by atoms with Crippen LogP contribution in [0.2, 0.25) is 0 Å². The second kappa shape index (κ2) is 8.86. The van der Waals surface area contributed by atoms with Gasteiger partial charge >= 0.3 is 0 Å². The van der Waals surface area contributed by atoms with Crippen LogP contribution < -0.4 is 15.0 Å². The van der Waals surface area contributed by atoms with Crippen molar-refractivity contribution in [1.82, 2.24) is 15.3 Å². The summed E-state index contributed by atoms with van der Waals surface area (Å²) in [4.78, 5) is 23.1. The van der Waals surface area contributed by atoms with Crippen LogP contribution in [0.3, 0.4) is 0 Å². The van der Waals surface area contributed by atoms with Gasteiger partial charge in [-0.2, -0.15) is 0 Å². The first-order valence-electron chi connectivity index (χ1n) is 10.0. The normalized spacial score (nSPS) is 16.8. The number of para-hydroxylation sites is 1. The number of hydrogen-bond acceptors (Lipinski definition) is 4. The minimum absolute atomic E-state index is 0.0528. The third-order valence-electron chi connectivity index (χ3n) is 5.25. The number of anilines is 1. The van der Waals surface area contributed by atoms with Gasteiger partial charge in [0.05, 0.1) is 23.6 Å². The summed E-state index contributed by atoms with van der Waals surface area (Å²) in [6, 6.07) is 13.8. The summed E-state index contributed by atoms with van der Waals surface area (Å²) in [5.74, 6) is 1.69. The molecule has 0 radical (unpaired) electrons. The van der Waals surface area contributed by atoms with Crippen molar-refractivity contribution in [1.29, 1.82) is 0 Å². The molecule has 1 atom stereocenters. The van der Waals surface area contributed by atoms with E-state index in [1.54, 1.807) is 0 Å². The quantitative estimate of drug-likeness (QED) is 0.581. The van der Waals surface area contributed by atoms with Gasteiger partial charge < -0.3 is 19.9 Å². The Morgan fingerprint density at radius 3 is 3.07 bits per heavy atom. The number of aromatic amines is 1. The molecule has 1 fully saturated rings. The highest BCUT2D eigenvalue weighted by atomic mass is 79.9. The fraction of sp³-hybridized carbons (Fsp3) is 0.364. The molecular weight excluding hydrogens is 432 g/mol. The highest BCUT2D eigenvalue weighted by Crippen LogP contribution is 2.25. The Labute approximate surface area is 178 Å². The molecule has 152 valence electrons. The maximum absolute atomic E-state index is 12.8. The number of imidazole rings is 1. The van der Waals surface area contributed by atoms with E-state index in [-0.39, 0.29) is 11.8 Å². The number of H-pyrrole nitrogens is 1.